The number of ketones is 1. The molecular formula is C20H16BrNO4. The van der Waals surface area contributed by atoms with Crippen molar-refractivity contribution in [1.82, 2.24) is 4.98 Å². The maximum atomic E-state index is 12.3. The first-order valence-corrected chi connectivity index (χ1v) is 8.65. The minimum absolute atomic E-state index is 0.260. The monoisotopic (exact) mass is 413 g/mol. The summed E-state index contributed by atoms with van der Waals surface area (Å²) in [6.07, 6.45) is 4.48. The van der Waals surface area contributed by atoms with Crippen molar-refractivity contribution in [2.75, 3.05) is 13.7 Å². The third kappa shape index (κ3) is 4.03. The van der Waals surface area contributed by atoms with Crippen molar-refractivity contribution in [3.05, 3.63) is 70.3 Å². The van der Waals surface area contributed by atoms with Crippen molar-refractivity contribution < 1.29 is 19.1 Å². The predicted octanol–water partition coefficient (Wildman–Crippen LogP) is 4.38. The molecule has 0 atom stereocenters. The first-order chi connectivity index (χ1) is 12.6. The lowest BCUT2D eigenvalue weighted by atomic mass is 10.1. The summed E-state index contributed by atoms with van der Waals surface area (Å²) < 4.78 is 11.2. The highest BCUT2D eigenvalue weighted by atomic mass is 79.9. The number of esters is 1. The lowest BCUT2D eigenvalue weighted by Crippen LogP contribution is -2.12. The van der Waals surface area contributed by atoms with Gasteiger partial charge >= 0.3 is 5.97 Å². The number of hydrogen-bond acceptors (Lipinski definition) is 4. The quantitative estimate of drug-likeness (QED) is 0.369. The molecule has 1 N–H and O–H groups in total. The molecule has 1 aromatic heterocycles. The maximum Gasteiger partial charge on any atom is 0.331 e. The second-order valence-corrected chi connectivity index (χ2v) is 6.41. The summed E-state index contributed by atoms with van der Waals surface area (Å²) in [6.45, 7) is -0.319. The van der Waals surface area contributed by atoms with Gasteiger partial charge in [0, 0.05) is 38.8 Å². The molecule has 0 aliphatic heterocycles. The number of carbonyl (C=O) groups is 2. The number of carbonyl (C=O) groups excluding carboxylic acids is 2. The third-order valence-corrected chi connectivity index (χ3v) is 4.32. The fourth-order valence-corrected chi connectivity index (χ4v) is 2.94. The maximum absolute atomic E-state index is 12.3. The molecule has 0 amide bonds. The van der Waals surface area contributed by atoms with E-state index in [1.807, 2.05) is 36.4 Å². The predicted molar refractivity (Wildman–Crippen MR) is 103 cm³/mol. The van der Waals surface area contributed by atoms with E-state index >= 15 is 0 Å². The van der Waals surface area contributed by atoms with Crippen LogP contribution >= 0.6 is 15.9 Å². The number of aromatic nitrogens is 1. The Labute approximate surface area is 158 Å². The molecule has 26 heavy (non-hydrogen) atoms. The van der Waals surface area contributed by atoms with Crippen LogP contribution in [0.4, 0.5) is 0 Å². The van der Waals surface area contributed by atoms with E-state index in [0.29, 0.717) is 11.3 Å². The van der Waals surface area contributed by atoms with Crippen LogP contribution in [-0.4, -0.2) is 30.5 Å². The molecule has 6 heteroatoms. The van der Waals surface area contributed by atoms with E-state index in [1.165, 1.54) is 6.08 Å². The summed E-state index contributed by atoms with van der Waals surface area (Å²) in [5.41, 5.74) is 2.09. The Morgan fingerprint density at radius 2 is 2.00 bits per heavy atom. The molecule has 0 bridgehead atoms. The fraction of sp³-hybridized carbons (Fsp3) is 0.100. The van der Waals surface area contributed by atoms with Gasteiger partial charge in [-0.15, -0.1) is 0 Å². The summed E-state index contributed by atoms with van der Waals surface area (Å²) in [4.78, 5) is 27.2. The Hall–Kier alpha value is -2.86. The van der Waals surface area contributed by atoms with Gasteiger partial charge in [0.2, 0.25) is 5.78 Å². The number of aromatic amines is 1. The van der Waals surface area contributed by atoms with E-state index in [2.05, 4.69) is 20.9 Å². The zero-order valence-electron chi connectivity index (χ0n) is 14.0. The van der Waals surface area contributed by atoms with Crippen LogP contribution in [0.25, 0.3) is 17.0 Å². The Kier molecular flexibility index (Phi) is 5.53. The Morgan fingerprint density at radius 1 is 1.19 bits per heavy atom. The van der Waals surface area contributed by atoms with Gasteiger partial charge in [-0.05, 0) is 30.3 Å². The number of fused-ring (bicyclic) bond motifs is 1. The van der Waals surface area contributed by atoms with E-state index in [1.54, 1.807) is 25.4 Å². The van der Waals surface area contributed by atoms with Crippen LogP contribution in [0.1, 0.15) is 15.9 Å². The molecule has 2 aromatic carbocycles. The number of ether oxygens (including phenoxy) is 2. The molecule has 0 saturated heterocycles. The average Bonchev–Trinajstić information content (AvgIpc) is 3.08. The van der Waals surface area contributed by atoms with E-state index in [9.17, 15) is 9.59 Å². The zero-order chi connectivity index (χ0) is 18.5. The summed E-state index contributed by atoms with van der Waals surface area (Å²) in [6, 6.07) is 12.9. The Balaban J connectivity index is 1.64. The van der Waals surface area contributed by atoms with Crippen molar-refractivity contribution in [3.8, 4) is 5.75 Å². The van der Waals surface area contributed by atoms with E-state index in [0.717, 1.165) is 20.9 Å². The largest absolute Gasteiger partial charge is 0.496 e. The van der Waals surface area contributed by atoms with E-state index < -0.39 is 5.97 Å². The molecule has 1 heterocycles. The van der Waals surface area contributed by atoms with Crippen LogP contribution in [-0.2, 0) is 9.53 Å². The molecule has 0 saturated carbocycles. The van der Waals surface area contributed by atoms with Crippen molar-refractivity contribution in [2.45, 2.75) is 0 Å². The van der Waals surface area contributed by atoms with Gasteiger partial charge in [-0.3, -0.25) is 4.79 Å². The normalized spacial score (nSPS) is 11.0. The Bertz CT molecular complexity index is 990. The van der Waals surface area contributed by atoms with Gasteiger partial charge in [0.05, 0.1) is 7.11 Å². The highest BCUT2D eigenvalue weighted by Gasteiger charge is 2.13. The number of hydrogen-bond donors (Lipinski definition) is 1. The van der Waals surface area contributed by atoms with Gasteiger partial charge in [-0.2, -0.15) is 0 Å². The van der Waals surface area contributed by atoms with E-state index in [-0.39, 0.29) is 12.4 Å². The second kappa shape index (κ2) is 8.01. The number of rotatable bonds is 6. The van der Waals surface area contributed by atoms with Crippen LogP contribution in [0.15, 0.2) is 59.2 Å². The molecule has 0 radical (unpaired) electrons. The highest BCUT2D eigenvalue weighted by molar-refractivity contribution is 9.10. The lowest BCUT2D eigenvalue weighted by molar-refractivity contribution is -0.136. The number of para-hydroxylation sites is 1. The number of halogens is 1. The molecule has 0 unspecified atom stereocenters. The van der Waals surface area contributed by atoms with Crippen molar-refractivity contribution in [3.63, 3.8) is 0 Å². The van der Waals surface area contributed by atoms with Crippen molar-refractivity contribution >= 4 is 44.7 Å². The van der Waals surface area contributed by atoms with Gasteiger partial charge < -0.3 is 14.5 Å². The van der Waals surface area contributed by atoms with Gasteiger partial charge in [-0.25, -0.2) is 4.79 Å². The fourth-order valence-electron chi connectivity index (χ4n) is 2.56. The summed E-state index contributed by atoms with van der Waals surface area (Å²) in [5.74, 6) is -0.225. The number of H-pyrrole nitrogens is 1. The molecule has 5 nitrogen and oxygen atoms in total. The topological polar surface area (TPSA) is 68.4 Å². The minimum Gasteiger partial charge on any atom is -0.496 e. The summed E-state index contributed by atoms with van der Waals surface area (Å²) >= 11 is 3.37. The summed E-state index contributed by atoms with van der Waals surface area (Å²) in [7, 11) is 1.55. The van der Waals surface area contributed by atoms with Gasteiger partial charge in [-0.1, -0.05) is 34.1 Å². The first-order valence-electron chi connectivity index (χ1n) is 7.86. The Morgan fingerprint density at radius 3 is 2.81 bits per heavy atom. The van der Waals surface area contributed by atoms with Crippen molar-refractivity contribution in [1.29, 1.82) is 0 Å². The highest BCUT2D eigenvalue weighted by Crippen LogP contribution is 2.24. The van der Waals surface area contributed by atoms with Crippen LogP contribution in [0.5, 0.6) is 5.75 Å². The standard InChI is InChI=1S/C20H16BrNO4/c1-25-19-8-7-14(21)10-13(19)6-9-20(24)26-12-18(23)16-11-22-17-5-3-2-4-15(16)17/h2-11,22H,12H2,1H3/b9-6+. The zero-order valence-corrected chi connectivity index (χ0v) is 15.6. The molecular weight excluding hydrogens is 398 g/mol. The van der Waals surface area contributed by atoms with E-state index in [4.69, 9.17) is 9.47 Å². The first kappa shape index (κ1) is 17.9. The molecule has 3 rings (SSSR count). The average molecular weight is 414 g/mol. The van der Waals surface area contributed by atoms with Gasteiger partial charge in [0.25, 0.3) is 0 Å². The van der Waals surface area contributed by atoms with Gasteiger partial charge in [0.15, 0.2) is 6.61 Å². The van der Waals surface area contributed by atoms with Gasteiger partial charge in [0.1, 0.15) is 5.75 Å². The molecule has 132 valence electrons. The number of nitrogens with one attached hydrogen (secondary N) is 1. The van der Waals surface area contributed by atoms with Crippen LogP contribution in [0, 0.1) is 0 Å². The number of methoxy groups -OCH3 is 1. The molecule has 0 aliphatic rings. The molecule has 0 aliphatic carbocycles. The SMILES string of the molecule is COc1ccc(Br)cc1/C=C/C(=O)OCC(=O)c1c[nH]c2ccccc12. The number of benzene rings is 2. The van der Waals surface area contributed by atoms with Crippen molar-refractivity contribution in [2.24, 2.45) is 0 Å². The lowest BCUT2D eigenvalue weighted by Gasteiger charge is -2.05. The van der Waals surface area contributed by atoms with Crippen LogP contribution in [0.3, 0.4) is 0 Å². The van der Waals surface area contributed by atoms with Crippen LogP contribution < -0.4 is 4.74 Å². The molecule has 3 aromatic rings. The summed E-state index contributed by atoms with van der Waals surface area (Å²) in [5, 5.41) is 0.808. The smallest absolute Gasteiger partial charge is 0.331 e. The second-order valence-electron chi connectivity index (χ2n) is 5.50. The van der Waals surface area contributed by atoms with Crippen LogP contribution in [0.2, 0.25) is 0 Å². The third-order valence-electron chi connectivity index (χ3n) is 3.83. The minimum atomic E-state index is -0.597. The number of Topliss-reactive ketones (excluding diaryl/α,β-unsaturated/α-hetero) is 1. The molecule has 0 fully saturated rings. The molecule has 0 spiro atoms.